The molecule has 3 aromatic rings. The first-order valence-corrected chi connectivity index (χ1v) is 8.47. The van der Waals surface area contributed by atoms with E-state index < -0.39 is 11.7 Å². The molecule has 128 valence electrons. The molecule has 1 amide bonds. The Labute approximate surface area is 150 Å². The molecular formula is C16H13FN4O2S2. The highest BCUT2D eigenvalue weighted by atomic mass is 32.1. The van der Waals surface area contributed by atoms with E-state index in [1.807, 2.05) is 0 Å². The summed E-state index contributed by atoms with van der Waals surface area (Å²) < 4.78 is 17.0. The van der Waals surface area contributed by atoms with E-state index in [-0.39, 0.29) is 12.1 Å². The van der Waals surface area contributed by atoms with E-state index in [0.29, 0.717) is 26.5 Å². The van der Waals surface area contributed by atoms with Crippen molar-refractivity contribution in [3.63, 3.8) is 0 Å². The molecule has 3 rings (SSSR count). The number of anilines is 1. The fraction of sp³-hybridized carbons (Fsp3) is 0.125. The minimum atomic E-state index is -0.457. The fourth-order valence-electron chi connectivity index (χ4n) is 2.30. The number of fused-ring (bicyclic) bond motifs is 1. The topological polar surface area (TPSA) is 68.9 Å². The van der Waals surface area contributed by atoms with Crippen LogP contribution in [0.5, 0.6) is 0 Å². The molecule has 2 heterocycles. The molecule has 0 fully saturated rings. The third-order valence-corrected chi connectivity index (χ3v) is 4.80. The Morgan fingerprint density at radius 3 is 3.00 bits per heavy atom. The average molecular weight is 376 g/mol. The summed E-state index contributed by atoms with van der Waals surface area (Å²) in [4.78, 5) is 28.9. The standard InChI is InChI=1S/C16H13FN4O2S2/c1-2-6-21-14-13(25-16(21)24)15(23)20(9-18-14)8-12(22)19-11-5-3-4-10(17)7-11/h2-5,7,9H,1,6,8H2,(H,19,22). The maximum Gasteiger partial charge on any atom is 0.273 e. The second-order valence-electron chi connectivity index (χ2n) is 5.16. The van der Waals surface area contributed by atoms with Gasteiger partial charge in [0.15, 0.2) is 9.60 Å². The summed E-state index contributed by atoms with van der Waals surface area (Å²) in [7, 11) is 0. The third-order valence-electron chi connectivity index (χ3n) is 3.38. The molecule has 0 spiro atoms. The number of allylic oxidation sites excluding steroid dienone is 1. The van der Waals surface area contributed by atoms with Crippen LogP contribution in [0, 0.1) is 9.77 Å². The van der Waals surface area contributed by atoms with E-state index >= 15 is 0 Å². The van der Waals surface area contributed by atoms with Crippen molar-refractivity contribution in [2.45, 2.75) is 13.1 Å². The number of carbonyl (C=O) groups excluding carboxylic acids is 1. The summed E-state index contributed by atoms with van der Waals surface area (Å²) in [6.45, 7) is 3.88. The zero-order valence-electron chi connectivity index (χ0n) is 12.9. The van der Waals surface area contributed by atoms with Crippen molar-refractivity contribution in [2.24, 2.45) is 0 Å². The maximum atomic E-state index is 13.2. The van der Waals surface area contributed by atoms with Crippen LogP contribution in [-0.2, 0) is 17.9 Å². The lowest BCUT2D eigenvalue weighted by atomic mass is 10.3. The number of nitrogens with one attached hydrogen (secondary N) is 1. The quantitative estimate of drug-likeness (QED) is 0.549. The van der Waals surface area contributed by atoms with E-state index in [9.17, 15) is 14.0 Å². The number of benzene rings is 1. The number of rotatable bonds is 5. The van der Waals surface area contributed by atoms with Crippen LogP contribution in [0.4, 0.5) is 10.1 Å². The second-order valence-corrected chi connectivity index (χ2v) is 6.80. The molecule has 25 heavy (non-hydrogen) atoms. The van der Waals surface area contributed by atoms with Gasteiger partial charge in [-0.05, 0) is 30.4 Å². The largest absolute Gasteiger partial charge is 0.324 e. The van der Waals surface area contributed by atoms with Crippen LogP contribution in [-0.4, -0.2) is 20.0 Å². The summed E-state index contributed by atoms with van der Waals surface area (Å²) in [5.74, 6) is -0.913. The van der Waals surface area contributed by atoms with E-state index in [1.54, 1.807) is 16.7 Å². The highest BCUT2D eigenvalue weighted by Gasteiger charge is 2.13. The lowest BCUT2D eigenvalue weighted by Gasteiger charge is -2.07. The van der Waals surface area contributed by atoms with Crippen molar-refractivity contribution in [1.82, 2.24) is 14.1 Å². The molecule has 1 N–H and O–H groups in total. The second kappa shape index (κ2) is 7.08. The number of hydrogen-bond donors (Lipinski definition) is 1. The minimum absolute atomic E-state index is 0.232. The number of nitrogens with zero attached hydrogens (tertiary/aromatic N) is 3. The van der Waals surface area contributed by atoms with E-state index in [2.05, 4.69) is 16.9 Å². The van der Waals surface area contributed by atoms with Crippen molar-refractivity contribution < 1.29 is 9.18 Å². The Morgan fingerprint density at radius 1 is 1.48 bits per heavy atom. The SMILES string of the molecule is C=CCn1c(=S)sc2c(=O)n(CC(=O)Nc3cccc(F)c3)cnc21. The molecule has 0 atom stereocenters. The van der Waals surface area contributed by atoms with Crippen LogP contribution < -0.4 is 10.9 Å². The number of carbonyl (C=O) groups is 1. The minimum Gasteiger partial charge on any atom is -0.324 e. The maximum absolute atomic E-state index is 13.2. The molecule has 0 radical (unpaired) electrons. The Morgan fingerprint density at radius 2 is 2.28 bits per heavy atom. The first-order valence-electron chi connectivity index (χ1n) is 7.24. The van der Waals surface area contributed by atoms with Crippen molar-refractivity contribution in [3.05, 3.63) is 63.4 Å². The molecule has 1 aromatic carbocycles. The monoisotopic (exact) mass is 376 g/mol. The van der Waals surface area contributed by atoms with Gasteiger partial charge in [-0.3, -0.25) is 14.2 Å². The molecule has 9 heteroatoms. The molecular weight excluding hydrogens is 363 g/mol. The molecule has 0 aliphatic rings. The Kier molecular flexibility index (Phi) is 4.86. The molecule has 0 aliphatic carbocycles. The number of hydrogen-bond acceptors (Lipinski definition) is 5. The highest BCUT2D eigenvalue weighted by Crippen LogP contribution is 2.17. The Hall–Kier alpha value is -2.65. The molecule has 0 unspecified atom stereocenters. The van der Waals surface area contributed by atoms with Crippen LogP contribution >= 0.6 is 23.6 Å². The van der Waals surface area contributed by atoms with Gasteiger partial charge in [0.05, 0.1) is 0 Å². The van der Waals surface area contributed by atoms with Gasteiger partial charge < -0.3 is 9.88 Å². The summed E-state index contributed by atoms with van der Waals surface area (Å²) in [5.41, 5.74) is 0.444. The summed E-state index contributed by atoms with van der Waals surface area (Å²) in [6, 6.07) is 5.52. The van der Waals surface area contributed by atoms with E-state index in [4.69, 9.17) is 12.2 Å². The number of aromatic nitrogens is 3. The molecule has 6 nitrogen and oxygen atoms in total. The molecule has 2 aromatic heterocycles. The third kappa shape index (κ3) is 3.57. The molecule has 0 saturated heterocycles. The van der Waals surface area contributed by atoms with Gasteiger partial charge in [-0.15, -0.1) is 6.58 Å². The van der Waals surface area contributed by atoms with Crippen LogP contribution in [0.25, 0.3) is 10.3 Å². The molecule has 0 aliphatic heterocycles. The van der Waals surface area contributed by atoms with Gasteiger partial charge in [-0.2, -0.15) is 0 Å². The summed E-state index contributed by atoms with van der Waals surface area (Å²) in [5, 5.41) is 2.54. The van der Waals surface area contributed by atoms with E-state index in [1.165, 1.54) is 29.1 Å². The van der Waals surface area contributed by atoms with Crippen molar-refractivity contribution in [1.29, 1.82) is 0 Å². The van der Waals surface area contributed by atoms with Gasteiger partial charge in [0.25, 0.3) is 5.56 Å². The van der Waals surface area contributed by atoms with Gasteiger partial charge in [0.1, 0.15) is 23.4 Å². The normalized spacial score (nSPS) is 10.8. The average Bonchev–Trinajstić information content (AvgIpc) is 2.88. The number of amides is 1. The smallest absolute Gasteiger partial charge is 0.273 e. The summed E-state index contributed by atoms with van der Waals surface area (Å²) >= 11 is 6.38. The highest BCUT2D eigenvalue weighted by molar-refractivity contribution is 7.73. The zero-order chi connectivity index (χ0) is 18.0. The number of halogens is 1. The van der Waals surface area contributed by atoms with Gasteiger partial charge in [-0.1, -0.05) is 23.5 Å². The van der Waals surface area contributed by atoms with Gasteiger partial charge in [-0.25, -0.2) is 9.37 Å². The zero-order valence-corrected chi connectivity index (χ0v) is 14.6. The van der Waals surface area contributed by atoms with Crippen LogP contribution in [0.3, 0.4) is 0 Å². The van der Waals surface area contributed by atoms with Crippen molar-refractivity contribution >= 4 is 45.5 Å². The Bertz CT molecular complexity index is 1080. The predicted octanol–water partition coefficient (Wildman–Crippen LogP) is 2.95. The van der Waals surface area contributed by atoms with Crippen LogP contribution in [0.2, 0.25) is 0 Å². The van der Waals surface area contributed by atoms with E-state index in [0.717, 1.165) is 11.3 Å². The predicted molar refractivity (Wildman–Crippen MR) is 97.9 cm³/mol. The molecule has 0 bridgehead atoms. The lowest BCUT2D eigenvalue weighted by Crippen LogP contribution is -2.27. The van der Waals surface area contributed by atoms with Gasteiger partial charge >= 0.3 is 0 Å². The van der Waals surface area contributed by atoms with Crippen LogP contribution in [0.1, 0.15) is 0 Å². The first-order chi connectivity index (χ1) is 12.0. The number of thiazole rings is 1. The van der Waals surface area contributed by atoms with Gasteiger partial charge in [0, 0.05) is 12.2 Å². The van der Waals surface area contributed by atoms with Crippen molar-refractivity contribution in [2.75, 3.05) is 5.32 Å². The van der Waals surface area contributed by atoms with Gasteiger partial charge in [0.2, 0.25) is 5.91 Å². The van der Waals surface area contributed by atoms with Crippen LogP contribution in [0.15, 0.2) is 48.0 Å². The Balaban J connectivity index is 1.88. The van der Waals surface area contributed by atoms with Crippen molar-refractivity contribution in [3.8, 4) is 0 Å². The first kappa shape index (κ1) is 17.2. The molecule has 0 saturated carbocycles. The lowest BCUT2D eigenvalue weighted by molar-refractivity contribution is -0.116. The fourth-order valence-corrected chi connectivity index (χ4v) is 3.61. The summed E-state index contributed by atoms with van der Waals surface area (Å²) in [6.07, 6.45) is 2.97.